The van der Waals surface area contributed by atoms with Crippen LogP contribution < -0.4 is 5.32 Å². The molecule has 0 bridgehead atoms. The molecule has 0 aliphatic rings. The summed E-state index contributed by atoms with van der Waals surface area (Å²) in [7, 11) is 1.78. The van der Waals surface area contributed by atoms with Gasteiger partial charge in [0.05, 0.1) is 0 Å². The number of carbonyl (C=O) groups is 2. The van der Waals surface area contributed by atoms with Gasteiger partial charge in [0.25, 0.3) is 5.91 Å². The average molecular weight is 352 g/mol. The van der Waals surface area contributed by atoms with Crippen molar-refractivity contribution in [2.45, 2.75) is 39.2 Å². The van der Waals surface area contributed by atoms with Crippen molar-refractivity contribution in [3.8, 4) is 0 Å². The van der Waals surface area contributed by atoms with Gasteiger partial charge in [0, 0.05) is 32.1 Å². The van der Waals surface area contributed by atoms with Crippen LogP contribution in [-0.4, -0.2) is 30.3 Å². The molecule has 2 rings (SSSR count). The predicted molar refractivity (Wildman–Crippen MR) is 105 cm³/mol. The van der Waals surface area contributed by atoms with Crippen LogP contribution in [0.25, 0.3) is 0 Å². The highest BCUT2D eigenvalue weighted by molar-refractivity contribution is 5.94. The molecule has 0 aromatic heterocycles. The van der Waals surface area contributed by atoms with Crippen molar-refractivity contribution in [2.24, 2.45) is 0 Å². The summed E-state index contributed by atoms with van der Waals surface area (Å²) in [5, 5.41) is 2.82. The molecule has 0 aliphatic heterocycles. The number of rotatable bonds is 6. The molecule has 0 spiro atoms. The molecule has 0 fully saturated rings. The molecule has 0 aliphatic carbocycles. The Labute approximate surface area is 156 Å². The van der Waals surface area contributed by atoms with Crippen molar-refractivity contribution >= 4 is 11.8 Å². The standard InChI is InChI=1S/C22H28N2O2/c1-22(2,3)19-12-10-18(11-13-19)21(26)23-15-14-20(25)24(4)16-17-8-6-5-7-9-17/h5-13H,14-16H2,1-4H3,(H,23,26). The highest BCUT2D eigenvalue weighted by atomic mass is 16.2. The van der Waals surface area contributed by atoms with Crippen LogP contribution in [0.15, 0.2) is 54.6 Å². The van der Waals surface area contributed by atoms with E-state index in [1.807, 2.05) is 54.6 Å². The van der Waals surface area contributed by atoms with Crippen LogP contribution in [0.2, 0.25) is 0 Å². The van der Waals surface area contributed by atoms with E-state index in [1.54, 1.807) is 11.9 Å². The summed E-state index contributed by atoms with van der Waals surface area (Å²) in [5.74, 6) is -0.138. The van der Waals surface area contributed by atoms with E-state index in [1.165, 1.54) is 5.56 Å². The zero-order valence-electron chi connectivity index (χ0n) is 16.1. The molecule has 0 saturated heterocycles. The highest BCUT2D eigenvalue weighted by Crippen LogP contribution is 2.22. The summed E-state index contributed by atoms with van der Waals surface area (Å²) in [5.41, 5.74) is 2.95. The molecule has 0 unspecified atom stereocenters. The van der Waals surface area contributed by atoms with Crippen LogP contribution in [0.1, 0.15) is 48.7 Å². The molecule has 0 saturated carbocycles. The first-order chi connectivity index (χ1) is 12.3. The molecule has 0 heterocycles. The van der Waals surface area contributed by atoms with E-state index < -0.39 is 0 Å². The molecular formula is C22H28N2O2. The number of amides is 2. The Hall–Kier alpha value is -2.62. The molecule has 2 aromatic carbocycles. The topological polar surface area (TPSA) is 49.4 Å². The van der Waals surface area contributed by atoms with Crippen LogP contribution in [0.4, 0.5) is 0 Å². The van der Waals surface area contributed by atoms with E-state index in [2.05, 4.69) is 26.1 Å². The van der Waals surface area contributed by atoms with Crippen LogP contribution >= 0.6 is 0 Å². The largest absolute Gasteiger partial charge is 0.352 e. The number of nitrogens with zero attached hydrogens (tertiary/aromatic N) is 1. The molecule has 1 N–H and O–H groups in total. The zero-order valence-corrected chi connectivity index (χ0v) is 16.1. The Balaban J connectivity index is 1.79. The van der Waals surface area contributed by atoms with Gasteiger partial charge in [0.2, 0.25) is 5.91 Å². The molecule has 4 nitrogen and oxygen atoms in total. The van der Waals surface area contributed by atoms with Crippen molar-refractivity contribution in [3.05, 3.63) is 71.3 Å². The number of nitrogens with one attached hydrogen (secondary N) is 1. The van der Waals surface area contributed by atoms with Crippen LogP contribution in [0.5, 0.6) is 0 Å². The third-order valence-corrected chi connectivity index (χ3v) is 4.33. The predicted octanol–water partition coefficient (Wildman–Crippen LogP) is 3.76. The Morgan fingerprint density at radius 3 is 2.15 bits per heavy atom. The number of hydrogen-bond acceptors (Lipinski definition) is 2. The Morgan fingerprint density at radius 2 is 1.58 bits per heavy atom. The van der Waals surface area contributed by atoms with Crippen molar-refractivity contribution < 1.29 is 9.59 Å². The van der Waals surface area contributed by atoms with Crippen LogP contribution in [0, 0.1) is 0 Å². The lowest BCUT2D eigenvalue weighted by molar-refractivity contribution is -0.130. The van der Waals surface area contributed by atoms with Crippen molar-refractivity contribution in [1.29, 1.82) is 0 Å². The minimum Gasteiger partial charge on any atom is -0.352 e. The average Bonchev–Trinajstić information content (AvgIpc) is 2.61. The van der Waals surface area contributed by atoms with Crippen molar-refractivity contribution in [1.82, 2.24) is 10.2 Å². The lowest BCUT2D eigenvalue weighted by atomic mass is 9.87. The van der Waals surface area contributed by atoms with Crippen molar-refractivity contribution in [2.75, 3.05) is 13.6 Å². The lowest BCUT2D eigenvalue weighted by Crippen LogP contribution is -2.31. The zero-order chi connectivity index (χ0) is 19.2. The van der Waals surface area contributed by atoms with Crippen LogP contribution in [-0.2, 0) is 16.8 Å². The van der Waals surface area contributed by atoms with Gasteiger partial charge in [-0.15, -0.1) is 0 Å². The fraction of sp³-hybridized carbons (Fsp3) is 0.364. The fourth-order valence-corrected chi connectivity index (χ4v) is 2.64. The second-order valence-electron chi connectivity index (χ2n) is 7.57. The molecule has 4 heteroatoms. The van der Waals surface area contributed by atoms with Gasteiger partial charge in [0.1, 0.15) is 0 Å². The number of hydrogen-bond donors (Lipinski definition) is 1. The molecule has 0 atom stereocenters. The first-order valence-electron chi connectivity index (χ1n) is 8.94. The molecule has 138 valence electrons. The first-order valence-corrected chi connectivity index (χ1v) is 8.94. The molecule has 2 amide bonds. The van der Waals surface area contributed by atoms with Gasteiger partial charge in [-0.05, 0) is 28.7 Å². The van der Waals surface area contributed by atoms with Crippen molar-refractivity contribution in [3.63, 3.8) is 0 Å². The Bertz CT molecular complexity index is 731. The summed E-state index contributed by atoms with van der Waals surface area (Å²) in [6.45, 7) is 7.32. The molecule has 0 radical (unpaired) electrons. The Morgan fingerprint density at radius 1 is 0.962 bits per heavy atom. The van der Waals surface area contributed by atoms with E-state index in [0.29, 0.717) is 18.7 Å². The van der Waals surface area contributed by atoms with E-state index in [-0.39, 0.29) is 23.7 Å². The molecular weight excluding hydrogens is 324 g/mol. The van der Waals surface area contributed by atoms with Gasteiger partial charge in [0.15, 0.2) is 0 Å². The second kappa shape index (κ2) is 8.65. The van der Waals surface area contributed by atoms with Gasteiger partial charge in [-0.1, -0.05) is 63.2 Å². The Kier molecular flexibility index (Phi) is 6.56. The summed E-state index contributed by atoms with van der Waals surface area (Å²) in [6, 6.07) is 17.5. The highest BCUT2D eigenvalue weighted by Gasteiger charge is 2.15. The maximum atomic E-state index is 12.2. The van der Waals surface area contributed by atoms with Gasteiger partial charge < -0.3 is 10.2 Å². The quantitative estimate of drug-likeness (QED) is 0.860. The van der Waals surface area contributed by atoms with E-state index in [9.17, 15) is 9.59 Å². The molecule has 2 aromatic rings. The second-order valence-corrected chi connectivity index (χ2v) is 7.57. The van der Waals surface area contributed by atoms with Gasteiger partial charge >= 0.3 is 0 Å². The third-order valence-electron chi connectivity index (χ3n) is 4.33. The normalized spacial score (nSPS) is 11.1. The fourth-order valence-electron chi connectivity index (χ4n) is 2.64. The maximum Gasteiger partial charge on any atom is 0.251 e. The van der Waals surface area contributed by atoms with Gasteiger partial charge in [-0.3, -0.25) is 9.59 Å². The summed E-state index contributed by atoms with van der Waals surface area (Å²) >= 11 is 0. The SMILES string of the molecule is CN(Cc1ccccc1)C(=O)CCNC(=O)c1ccc(C(C)(C)C)cc1. The monoisotopic (exact) mass is 352 g/mol. The van der Waals surface area contributed by atoms with E-state index in [0.717, 1.165) is 5.56 Å². The lowest BCUT2D eigenvalue weighted by Gasteiger charge is -2.19. The van der Waals surface area contributed by atoms with Crippen LogP contribution in [0.3, 0.4) is 0 Å². The maximum absolute atomic E-state index is 12.2. The van der Waals surface area contributed by atoms with E-state index in [4.69, 9.17) is 0 Å². The molecule has 26 heavy (non-hydrogen) atoms. The number of benzene rings is 2. The van der Waals surface area contributed by atoms with Gasteiger partial charge in [-0.2, -0.15) is 0 Å². The third kappa shape index (κ3) is 5.73. The summed E-state index contributed by atoms with van der Waals surface area (Å²) in [4.78, 5) is 26.1. The minimum absolute atomic E-state index is 0.0113. The first kappa shape index (κ1) is 19.7. The number of carbonyl (C=O) groups excluding carboxylic acids is 2. The summed E-state index contributed by atoms with van der Waals surface area (Å²) < 4.78 is 0. The van der Waals surface area contributed by atoms with Gasteiger partial charge in [-0.25, -0.2) is 0 Å². The minimum atomic E-state index is -0.149. The van der Waals surface area contributed by atoms with E-state index >= 15 is 0 Å². The summed E-state index contributed by atoms with van der Waals surface area (Å²) in [6.07, 6.45) is 0.287. The smallest absolute Gasteiger partial charge is 0.251 e.